The van der Waals surface area contributed by atoms with E-state index in [0.717, 1.165) is 37.4 Å². The van der Waals surface area contributed by atoms with Crippen LogP contribution in [0.4, 0.5) is 14.5 Å². The lowest BCUT2D eigenvalue weighted by Crippen LogP contribution is -2.28. The van der Waals surface area contributed by atoms with E-state index in [9.17, 15) is 22.0 Å². The number of benzene rings is 2. The average Bonchev–Trinajstić information content (AvgIpc) is 2.48. The highest BCUT2D eigenvalue weighted by molar-refractivity contribution is 7.92. The van der Waals surface area contributed by atoms with Crippen molar-refractivity contribution in [3.05, 3.63) is 59.2 Å². The summed E-state index contributed by atoms with van der Waals surface area (Å²) in [4.78, 5) is 10.7. The fourth-order valence-electron chi connectivity index (χ4n) is 2.08. The molecule has 0 amide bonds. The van der Waals surface area contributed by atoms with Crippen LogP contribution in [0.1, 0.15) is 15.9 Å². The Morgan fingerprint density at radius 2 is 1.78 bits per heavy atom. The van der Waals surface area contributed by atoms with Gasteiger partial charge in [0.25, 0.3) is 10.0 Å². The Bertz CT molecular complexity index is 881. The minimum absolute atomic E-state index is 0.0685. The number of carboxylic acid groups (broad SMARTS) is 1. The van der Waals surface area contributed by atoms with E-state index in [4.69, 9.17) is 5.11 Å². The smallest absolute Gasteiger partial charge is 0.335 e. The molecule has 0 bridgehead atoms. The van der Waals surface area contributed by atoms with Crippen molar-refractivity contribution in [3.8, 4) is 0 Å². The standard InChI is InChI=1S/C15H13F2NO4S/c1-9-7-10(15(19)20)3-6-14(9)23(21,22)18(2)13-8-11(16)4-5-12(13)17/h3-8H,1-2H3,(H,19,20). The van der Waals surface area contributed by atoms with E-state index in [2.05, 4.69) is 0 Å². The number of carbonyl (C=O) groups is 1. The van der Waals surface area contributed by atoms with Gasteiger partial charge in [0.1, 0.15) is 11.6 Å². The second-order valence-electron chi connectivity index (χ2n) is 4.85. The molecule has 0 aliphatic carbocycles. The maximum absolute atomic E-state index is 13.8. The van der Waals surface area contributed by atoms with Gasteiger partial charge in [-0.2, -0.15) is 0 Å². The summed E-state index contributed by atoms with van der Waals surface area (Å²) >= 11 is 0. The van der Waals surface area contributed by atoms with E-state index in [1.165, 1.54) is 13.0 Å². The van der Waals surface area contributed by atoms with Crippen LogP contribution in [0, 0.1) is 18.6 Å². The largest absolute Gasteiger partial charge is 0.478 e. The van der Waals surface area contributed by atoms with Gasteiger partial charge in [0.15, 0.2) is 0 Å². The minimum atomic E-state index is -4.17. The van der Waals surface area contributed by atoms with Crippen molar-refractivity contribution in [1.82, 2.24) is 0 Å². The summed E-state index contributed by atoms with van der Waals surface area (Å²) in [5.41, 5.74) is -0.318. The molecular formula is C15H13F2NO4S. The highest BCUT2D eigenvalue weighted by Gasteiger charge is 2.26. The molecule has 2 aromatic carbocycles. The fourth-order valence-corrected chi connectivity index (χ4v) is 3.48. The first-order chi connectivity index (χ1) is 10.6. The molecule has 2 aromatic rings. The molecule has 1 N–H and O–H groups in total. The number of rotatable bonds is 4. The number of halogens is 2. The molecule has 0 saturated heterocycles. The Labute approximate surface area is 131 Å². The van der Waals surface area contributed by atoms with Gasteiger partial charge >= 0.3 is 5.97 Å². The first-order valence-corrected chi connectivity index (χ1v) is 7.86. The third kappa shape index (κ3) is 3.16. The quantitative estimate of drug-likeness (QED) is 0.928. The van der Waals surface area contributed by atoms with Gasteiger partial charge in [-0.15, -0.1) is 0 Å². The molecule has 0 aliphatic rings. The van der Waals surface area contributed by atoms with E-state index in [1.54, 1.807) is 0 Å². The van der Waals surface area contributed by atoms with Gasteiger partial charge in [-0.25, -0.2) is 22.0 Å². The third-order valence-corrected chi connectivity index (χ3v) is 5.24. The normalized spacial score (nSPS) is 11.3. The lowest BCUT2D eigenvalue weighted by Gasteiger charge is -2.21. The minimum Gasteiger partial charge on any atom is -0.478 e. The Hall–Kier alpha value is -2.48. The second kappa shape index (κ2) is 5.96. The number of sulfonamides is 1. The summed E-state index contributed by atoms with van der Waals surface area (Å²) in [5, 5.41) is 8.91. The zero-order valence-electron chi connectivity index (χ0n) is 12.2. The second-order valence-corrected chi connectivity index (χ2v) is 6.79. The molecule has 122 valence electrons. The topological polar surface area (TPSA) is 74.7 Å². The summed E-state index contributed by atoms with van der Waals surface area (Å²) in [5.74, 6) is -2.86. The molecule has 0 radical (unpaired) electrons. The number of anilines is 1. The zero-order valence-corrected chi connectivity index (χ0v) is 13.1. The number of hydrogen-bond donors (Lipinski definition) is 1. The summed E-state index contributed by atoms with van der Waals surface area (Å²) in [7, 11) is -3.08. The van der Waals surface area contributed by atoms with Crippen molar-refractivity contribution in [2.24, 2.45) is 0 Å². The van der Waals surface area contributed by atoms with Crippen LogP contribution in [0.5, 0.6) is 0 Å². The van der Waals surface area contributed by atoms with Gasteiger partial charge in [-0.3, -0.25) is 4.31 Å². The number of carboxylic acids is 1. The monoisotopic (exact) mass is 341 g/mol. The Morgan fingerprint density at radius 1 is 1.13 bits per heavy atom. The van der Waals surface area contributed by atoms with E-state index in [0.29, 0.717) is 4.31 Å². The first-order valence-electron chi connectivity index (χ1n) is 6.42. The fraction of sp³-hybridized carbons (Fsp3) is 0.133. The van der Waals surface area contributed by atoms with Gasteiger partial charge in [0.2, 0.25) is 0 Å². The zero-order chi connectivity index (χ0) is 17.4. The Morgan fingerprint density at radius 3 is 2.35 bits per heavy atom. The van der Waals surface area contributed by atoms with Crippen LogP contribution in [0.3, 0.4) is 0 Å². The predicted octanol–water partition coefficient (Wildman–Crippen LogP) is 2.80. The van der Waals surface area contributed by atoms with Crippen LogP contribution in [-0.4, -0.2) is 26.5 Å². The number of hydrogen-bond acceptors (Lipinski definition) is 3. The van der Waals surface area contributed by atoms with Gasteiger partial charge in [0.05, 0.1) is 16.1 Å². The molecule has 0 saturated carbocycles. The van der Waals surface area contributed by atoms with Crippen molar-refractivity contribution >= 4 is 21.7 Å². The highest BCUT2D eigenvalue weighted by Crippen LogP contribution is 2.27. The molecule has 0 unspecified atom stereocenters. The van der Waals surface area contributed by atoms with Gasteiger partial charge in [-0.05, 0) is 42.8 Å². The summed E-state index contributed by atoms with van der Waals surface area (Å²) < 4.78 is 52.8. The molecule has 0 heterocycles. The molecule has 8 heteroatoms. The van der Waals surface area contributed by atoms with Crippen molar-refractivity contribution in [1.29, 1.82) is 0 Å². The molecule has 0 aromatic heterocycles. The Balaban J connectivity index is 2.53. The molecule has 23 heavy (non-hydrogen) atoms. The van der Waals surface area contributed by atoms with E-state index < -0.39 is 33.3 Å². The van der Waals surface area contributed by atoms with Gasteiger partial charge in [0, 0.05) is 13.1 Å². The van der Waals surface area contributed by atoms with Crippen LogP contribution in [0.2, 0.25) is 0 Å². The molecule has 0 aliphatic heterocycles. The molecule has 0 fully saturated rings. The lowest BCUT2D eigenvalue weighted by molar-refractivity contribution is 0.0696. The molecule has 2 rings (SSSR count). The molecular weight excluding hydrogens is 328 g/mol. The van der Waals surface area contributed by atoms with Crippen LogP contribution >= 0.6 is 0 Å². The van der Waals surface area contributed by atoms with Crippen LogP contribution < -0.4 is 4.31 Å². The van der Waals surface area contributed by atoms with Crippen molar-refractivity contribution in [2.75, 3.05) is 11.4 Å². The van der Waals surface area contributed by atoms with Crippen LogP contribution in [0.15, 0.2) is 41.3 Å². The van der Waals surface area contributed by atoms with E-state index in [-0.39, 0.29) is 16.0 Å². The average molecular weight is 341 g/mol. The number of aryl methyl sites for hydroxylation is 1. The first kappa shape index (κ1) is 16.9. The van der Waals surface area contributed by atoms with Gasteiger partial charge in [-0.1, -0.05) is 0 Å². The van der Waals surface area contributed by atoms with Crippen LogP contribution in [0.25, 0.3) is 0 Å². The van der Waals surface area contributed by atoms with Crippen molar-refractivity contribution in [2.45, 2.75) is 11.8 Å². The SMILES string of the molecule is Cc1cc(C(=O)O)ccc1S(=O)(=O)N(C)c1cc(F)ccc1F. The summed E-state index contributed by atoms with van der Waals surface area (Å²) in [6, 6.07) is 5.95. The van der Waals surface area contributed by atoms with E-state index in [1.807, 2.05) is 0 Å². The van der Waals surface area contributed by atoms with Gasteiger partial charge < -0.3 is 5.11 Å². The predicted molar refractivity (Wildman–Crippen MR) is 80.1 cm³/mol. The maximum atomic E-state index is 13.8. The van der Waals surface area contributed by atoms with Crippen molar-refractivity contribution in [3.63, 3.8) is 0 Å². The Kier molecular flexibility index (Phi) is 4.37. The number of nitrogens with zero attached hydrogens (tertiary/aromatic N) is 1. The van der Waals surface area contributed by atoms with Crippen LogP contribution in [-0.2, 0) is 10.0 Å². The highest BCUT2D eigenvalue weighted by atomic mass is 32.2. The lowest BCUT2D eigenvalue weighted by atomic mass is 10.1. The summed E-state index contributed by atoms with van der Waals surface area (Å²) in [6.07, 6.45) is 0. The molecule has 5 nitrogen and oxygen atoms in total. The summed E-state index contributed by atoms with van der Waals surface area (Å²) in [6.45, 7) is 1.43. The third-order valence-electron chi connectivity index (χ3n) is 3.31. The number of aromatic carboxylic acids is 1. The van der Waals surface area contributed by atoms with Crippen molar-refractivity contribution < 1.29 is 27.1 Å². The molecule has 0 atom stereocenters. The molecule has 0 spiro atoms. The maximum Gasteiger partial charge on any atom is 0.335 e. The van der Waals surface area contributed by atoms with E-state index >= 15 is 0 Å².